The fourth-order valence-corrected chi connectivity index (χ4v) is 2.77. The zero-order chi connectivity index (χ0) is 14.0. The first-order valence-electron chi connectivity index (χ1n) is 7.84. The van der Waals surface area contributed by atoms with Gasteiger partial charge in [0.15, 0.2) is 0 Å². The Morgan fingerprint density at radius 1 is 1.10 bits per heavy atom. The van der Waals surface area contributed by atoms with Crippen molar-refractivity contribution in [3.63, 3.8) is 0 Å². The van der Waals surface area contributed by atoms with Crippen LogP contribution in [0.2, 0.25) is 0 Å². The summed E-state index contributed by atoms with van der Waals surface area (Å²) in [5.74, 6) is 1.74. The van der Waals surface area contributed by atoms with Crippen LogP contribution in [-0.2, 0) is 4.74 Å². The molecule has 1 saturated carbocycles. The highest BCUT2D eigenvalue weighted by Gasteiger charge is 2.11. The number of methoxy groups -OCH3 is 1. The summed E-state index contributed by atoms with van der Waals surface area (Å²) in [6, 6.07) is 8.22. The zero-order valence-corrected chi connectivity index (χ0v) is 12.6. The molecule has 0 aliphatic heterocycles. The van der Waals surface area contributed by atoms with Crippen molar-refractivity contribution in [2.24, 2.45) is 5.92 Å². The van der Waals surface area contributed by atoms with Crippen LogP contribution in [-0.4, -0.2) is 26.9 Å². The van der Waals surface area contributed by atoms with Gasteiger partial charge in [0.2, 0.25) is 0 Å². The summed E-state index contributed by atoms with van der Waals surface area (Å²) in [6.07, 6.45) is 8.37. The average molecular weight is 277 g/mol. The van der Waals surface area contributed by atoms with E-state index in [0.717, 1.165) is 23.9 Å². The molecule has 0 bridgehead atoms. The van der Waals surface area contributed by atoms with Crippen molar-refractivity contribution >= 4 is 5.69 Å². The summed E-state index contributed by atoms with van der Waals surface area (Å²) in [4.78, 5) is 0. The molecule has 0 unspecified atom stereocenters. The largest absolute Gasteiger partial charge is 0.491 e. The molecule has 2 rings (SSSR count). The molecule has 1 fully saturated rings. The molecule has 1 aromatic carbocycles. The van der Waals surface area contributed by atoms with Gasteiger partial charge in [-0.05, 0) is 30.9 Å². The molecular weight excluding hydrogens is 250 g/mol. The summed E-state index contributed by atoms with van der Waals surface area (Å²) in [5, 5.41) is 3.56. The SMILES string of the molecule is COCCOc1cccc(NCC2CCCCCC2)c1. The van der Waals surface area contributed by atoms with Crippen LogP contribution in [0.3, 0.4) is 0 Å². The van der Waals surface area contributed by atoms with Gasteiger partial charge in [0, 0.05) is 25.4 Å². The van der Waals surface area contributed by atoms with Crippen molar-refractivity contribution in [1.82, 2.24) is 0 Å². The first kappa shape index (κ1) is 15.2. The van der Waals surface area contributed by atoms with Gasteiger partial charge in [0.05, 0.1) is 6.61 Å². The lowest BCUT2D eigenvalue weighted by atomic mass is 10.0. The van der Waals surface area contributed by atoms with E-state index in [9.17, 15) is 0 Å². The van der Waals surface area contributed by atoms with Crippen LogP contribution in [0.25, 0.3) is 0 Å². The Labute approximate surface area is 122 Å². The van der Waals surface area contributed by atoms with Crippen molar-refractivity contribution in [2.75, 3.05) is 32.2 Å². The predicted octanol–water partition coefficient (Wildman–Crippen LogP) is 4.09. The number of hydrogen-bond donors (Lipinski definition) is 1. The summed E-state index contributed by atoms with van der Waals surface area (Å²) < 4.78 is 10.6. The van der Waals surface area contributed by atoms with E-state index in [2.05, 4.69) is 17.4 Å². The maximum absolute atomic E-state index is 5.63. The molecule has 0 aromatic heterocycles. The third kappa shape index (κ3) is 5.41. The van der Waals surface area contributed by atoms with Crippen molar-refractivity contribution in [3.8, 4) is 5.75 Å². The molecule has 0 radical (unpaired) electrons. The van der Waals surface area contributed by atoms with Crippen molar-refractivity contribution in [3.05, 3.63) is 24.3 Å². The Morgan fingerprint density at radius 2 is 1.90 bits per heavy atom. The van der Waals surface area contributed by atoms with Crippen molar-refractivity contribution < 1.29 is 9.47 Å². The number of rotatable bonds is 7. The van der Waals surface area contributed by atoms with E-state index >= 15 is 0 Å². The Bertz CT molecular complexity index is 373. The number of hydrogen-bond acceptors (Lipinski definition) is 3. The van der Waals surface area contributed by atoms with Gasteiger partial charge in [0.25, 0.3) is 0 Å². The fraction of sp³-hybridized carbons (Fsp3) is 0.647. The first-order valence-corrected chi connectivity index (χ1v) is 7.84. The lowest BCUT2D eigenvalue weighted by Gasteiger charge is -2.16. The minimum atomic E-state index is 0.600. The number of benzene rings is 1. The normalized spacial score (nSPS) is 16.6. The number of ether oxygens (including phenoxy) is 2. The predicted molar refractivity (Wildman–Crippen MR) is 83.5 cm³/mol. The van der Waals surface area contributed by atoms with Crippen LogP contribution in [0.5, 0.6) is 5.75 Å². The van der Waals surface area contributed by atoms with E-state index in [-0.39, 0.29) is 0 Å². The first-order chi connectivity index (χ1) is 9.88. The molecule has 3 nitrogen and oxygen atoms in total. The van der Waals surface area contributed by atoms with Crippen LogP contribution in [0.1, 0.15) is 38.5 Å². The second-order valence-electron chi connectivity index (χ2n) is 5.61. The maximum atomic E-state index is 5.63. The van der Waals surface area contributed by atoms with Gasteiger partial charge in [-0.3, -0.25) is 0 Å². The molecule has 0 amide bonds. The van der Waals surface area contributed by atoms with E-state index in [4.69, 9.17) is 9.47 Å². The van der Waals surface area contributed by atoms with Gasteiger partial charge < -0.3 is 14.8 Å². The van der Waals surface area contributed by atoms with Gasteiger partial charge >= 0.3 is 0 Å². The van der Waals surface area contributed by atoms with Gasteiger partial charge in [-0.2, -0.15) is 0 Å². The van der Waals surface area contributed by atoms with Gasteiger partial charge in [0.1, 0.15) is 12.4 Å². The maximum Gasteiger partial charge on any atom is 0.121 e. The minimum Gasteiger partial charge on any atom is -0.491 e. The van der Waals surface area contributed by atoms with Crippen molar-refractivity contribution in [1.29, 1.82) is 0 Å². The van der Waals surface area contributed by atoms with Crippen LogP contribution < -0.4 is 10.1 Å². The lowest BCUT2D eigenvalue weighted by molar-refractivity contribution is 0.146. The molecule has 0 saturated heterocycles. The average Bonchev–Trinajstić information content (AvgIpc) is 2.75. The second-order valence-corrected chi connectivity index (χ2v) is 5.61. The minimum absolute atomic E-state index is 0.600. The Kier molecular flexibility index (Phi) is 6.72. The standard InChI is InChI=1S/C17H27NO2/c1-19-11-12-20-17-10-6-9-16(13-17)18-14-15-7-4-2-3-5-8-15/h6,9-10,13,15,18H,2-5,7-8,11-12,14H2,1H3. The molecule has 0 atom stereocenters. The molecule has 1 N–H and O–H groups in total. The Balaban J connectivity index is 1.78. The molecular formula is C17H27NO2. The highest BCUT2D eigenvalue weighted by molar-refractivity contribution is 5.48. The smallest absolute Gasteiger partial charge is 0.121 e. The molecule has 1 aliphatic carbocycles. The number of nitrogens with one attached hydrogen (secondary N) is 1. The molecule has 0 heterocycles. The molecule has 3 heteroatoms. The summed E-state index contributed by atoms with van der Waals surface area (Å²) in [7, 11) is 1.69. The van der Waals surface area contributed by atoms with E-state index < -0.39 is 0 Å². The van der Waals surface area contributed by atoms with E-state index in [1.165, 1.54) is 38.5 Å². The quantitative estimate of drug-likeness (QED) is 0.601. The van der Waals surface area contributed by atoms with E-state index in [0.29, 0.717) is 13.2 Å². The van der Waals surface area contributed by atoms with E-state index in [1.54, 1.807) is 7.11 Å². The third-order valence-electron chi connectivity index (χ3n) is 3.96. The van der Waals surface area contributed by atoms with E-state index in [1.807, 2.05) is 12.1 Å². The molecule has 112 valence electrons. The molecule has 1 aromatic rings. The van der Waals surface area contributed by atoms with Crippen LogP contribution in [0.15, 0.2) is 24.3 Å². The van der Waals surface area contributed by atoms with Gasteiger partial charge in [-0.1, -0.05) is 31.7 Å². The Hall–Kier alpha value is -1.22. The van der Waals surface area contributed by atoms with Crippen LogP contribution in [0, 0.1) is 5.92 Å². The molecule has 20 heavy (non-hydrogen) atoms. The Morgan fingerprint density at radius 3 is 2.65 bits per heavy atom. The number of anilines is 1. The summed E-state index contributed by atoms with van der Waals surface area (Å²) >= 11 is 0. The molecule has 1 aliphatic rings. The van der Waals surface area contributed by atoms with Gasteiger partial charge in [-0.15, -0.1) is 0 Å². The second kappa shape index (κ2) is 8.85. The molecule has 0 spiro atoms. The monoisotopic (exact) mass is 277 g/mol. The highest BCUT2D eigenvalue weighted by Crippen LogP contribution is 2.24. The van der Waals surface area contributed by atoms with Crippen molar-refractivity contribution in [2.45, 2.75) is 38.5 Å². The fourth-order valence-electron chi connectivity index (χ4n) is 2.77. The van der Waals surface area contributed by atoms with Gasteiger partial charge in [-0.25, -0.2) is 0 Å². The summed E-state index contributed by atoms with van der Waals surface area (Å²) in [5.41, 5.74) is 1.16. The van der Waals surface area contributed by atoms with Crippen LogP contribution >= 0.6 is 0 Å². The highest BCUT2D eigenvalue weighted by atomic mass is 16.5. The topological polar surface area (TPSA) is 30.5 Å². The summed E-state index contributed by atoms with van der Waals surface area (Å²) in [6.45, 7) is 2.31. The van der Waals surface area contributed by atoms with Crippen LogP contribution in [0.4, 0.5) is 5.69 Å². The third-order valence-corrected chi connectivity index (χ3v) is 3.96. The zero-order valence-electron chi connectivity index (χ0n) is 12.6. The lowest BCUT2D eigenvalue weighted by Crippen LogP contribution is -2.13.